The average molecular weight is 288 g/mol. The van der Waals surface area contributed by atoms with Crippen LogP contribution in [0.1, 0.15) is 28.9 Å². The first kappa shape index (κ1) is 15.0. The zero-order valence-electron chi connectivity index (χ0n) is 11.9. The van der Waals surface area contributed by atoms with Gasteiger partial charge in [-0.3, -0.25) is 4.79 Å². The van der Waals surface area contributed by atoms with Gasteiger partial charge in [-0.2, -0.15) is 0 Å². The van der Waals surface area contributed by atoms with E-state index in [1.165, 1.54) is 25.3 Å². The topological polar surface area (TPSA) is 64.3 Å². The molecule has 0 aliphatic heterocycles. The highest BCUT2D eigenvalue weighted by molar-refractivity contribution is 6.04. The Labute approximate surface area is 122 Å². The van der Waals surface area contributed by atoms with Gasteiger partial charge in [0, 0.05) is 17.3 Å². The maximum atomic E-state index is 13.3. The number of carbonyl (C=O) groups is 1. The molecule has 0 radical (unpaired) electrons. The highest BCUT2D eigenvalue weighted by atomic mass is 19.1. The lowest BCUT2D eigenvalue weighted by molar-refractivity contribution is 0.102. The van der Waals surface area contributed by atoms with E-state index in [9.17, 15) is 9.18 Å². The maximum absolute atomic E-state index is 13.3. The number of hydrogen-bond donors (Lipinski definition) is 2. The molecule has 0 bridgehead atoms. The minimum absolute atomic E-state index is 0.0342. The quantitative estimate of drug-likeness (QED) is 0.908. The summed E-state index contributed by atoms with van der Waals surface area (Å²) in [5, 5.41) is 2.75. The molecule has 1 amide bonds. The van der Waals surface area contributed by atoms with Gasteiger partial charge in [-0.1, -0.05) is 12.1 Å². The van der Waals surface area contributed by atoms with Gasteiger partial charge in [0.1, 0.15) is 0 Å². The van der Waals surface area contributed by atoms with Crippen LogP contribution in [0, 0.1) is 5.82 Å². The molecule has 0 saturated carbocycles. The molecule has 0 heterocycles. The summed E-state index contributed by atoms with van der Waals surface area (Å²) in [5.74, 6) is -0.810. The van der Waals surface area contributed by atoms with Crippen LogP contribution in [0.5, 0.6) is 5.75 Å². The van der Waals surface area contributed by atoms with Crippen LogP contribution < -0.4 is 15.8 Å². The normalized spacial score (nSPS) is 11.8. The fraction of sp³-hybridized carbons (Fsp3) is 0.188. The summed E-state index contributed by atoms with van der Waals surface area (Å²) in [6, 6.07) is 11.1. The Morgan fingerprint density at radius 2 is 2.05 bits per heavy atom. The van der Waals surface area contributed by atoms with Crippen LogP contribution in [0.15, 0.2) is 42.5 Å². The van der Waals surface area contributed by atoms with Gasteiger partial charge in [0.15, 0.2) is 11.6 Å². The van der Waals surface area contributed by atoms with E-state index in [-0.39, 0.29) is 17.7 Å². The van der Waals surface area contributed by atoms with Crippen molar-refractivity contribution in [2.24, 2.45) is 5.73 Å². The Hall–Kier alpha value is -2.40. The fourth-order valence-corrected chi connectivity index (χ4v) is 1.90. The molecule has 1 unspecified atom stereocenters. The van der Waals surface area contributed by atoms with Crippen LogP contribution in [0.2, 0.25) is 0 Å². The molecular weight excluding hydrogens is 271 g/mol. The third kappa shape index (κ3) is 3.58. The number of nitrogens with two attached hydrogens (primary N) is 1. The van der Waals surface area contributed by atoms with Crippen molar-refractivity contribution in [3.05, 3.63) is 59.4 Å². The van der Waals surface area contributed by atoms with Crippen LogP contribution >= 0.6 is 0 Å². The summed E-state index contributed by atoms with van der Waals surface area (Å²) in [4.78, 5) is 12.2. The minimum Gasteiger partial charge on any atom is -0.494 e. The molecule has 1 atom stereocenters. The van der Waals surface area contributed by atoms with Crippen molar-refractivity contribution < 1.29 is 13.9 Å². The van der Waals surface area contributed by atoms with E-state index in [0.29, 0.717) is 11.3 Å². The predicted molar refractivity (Wildman–Crippen MR) is 79.9 cm³/mol. The van der Waals surface area contributed by atoms with Crippen LogP contribution in [0.4, 0.5) is 10.1 Å². The Morgan fingerprint density at radius 1 is 1.29 bits per heavy atom. The predicted octanol–water partition coefficient (Wildman–Crippen LogP) is 3.11. The first-order chi connectivity index (χ1) is 10.0. The molecule has 5 heteroatoms. The lowest BCUT2D eigenvalue weighted by Crippen LogP contribution is -2.13. The summed E-state index contributed by atoms with van der Waals surface area (Å²) < 4.78 is 18.2. The van der Waals surface area contributed by atoms with E-state index in [1.54, 1.807) is 6.07 Å². The molecule has 4 nitrogen and oxygen atoms in total. The SMILES string of the molecule is COc1cc(C(=O)Nc2cccc(C(C)N)c2)ccc1F. The lowest BCUT2D eigenvalue weighted by Gasteiger charge is -2.10. The van der Waals surface area contributed by atoms with Crippen LogP contribution in [-0.2, 0) is 0 Å². The number of rotatable bonds is 4. The first-order valence-electron chi connectivity index (χ1n) is 6.51. The van der Waals surface area contributed by atoms with Crippen molar-refractivity contribution in [3.63, 3.8) is 0 Å². The number of ether oxygens (including phenoxy) is 1. The second-order valence-corrected chi connectivity index (χ2v) is 4.72. The first-order valence-corrected chi connectivity index (χ1v) is 6.51. The Kier molecular flexibility index (Phi) is 4.55. The number of nitrogens with one attached hydrogen (secondary N) is 1. The molecule has 0 spiro atoms. The average Bonchev–Trinajstić information content (AvgIpc) is 2.47. The Balaban J connectivity index is 2.20. The van der Waals surface area contributed by atoms with Crippen molar-refractivity contribution in [1.29, 1.82) is 0 Å². The number of hydrogen-bond acceptors (Lipinski definition) is 3. The lowest BCUT2D eigenvalue weighted by atomic mass is 10.1. The van der Waals surface area contributed by atoms with Crippen molar-refractivity contribution >= 4 is 11.6 Å². The monoisotopic (exact) mass is 288 g/mol. The number of halogens is 1. The molecule has 0 saturated heterocycles. The minimum atomic E-state index is -0.506. The zero-order valence-corrected chi connectivity index (χ0v) is 11.9. The van der Waals surface area contributed by atoms with Crippen molar-refractivity contribution in [1.82, 2.24) is 0 Å². The molecule has 0 aliphatic rings. The summed E-state index contributed by atoms with van der Waals surface area (Å²) >= 11 is 0. The number of benzene rings is 2. The van der Waals surface area contributed by atoms with Gasteiger partial charge >= 0.3 is 0 Å². The molecule has 2 rings (SSSR count). The molecule has 3 N–H and O–H groups in total. The van der Waals surface area contributed by atoms with Gasteiger partial charge in [0.2, 0.25) is 0 Å². The van der Waals surface area contributed by atoms with Crippen molar-refractivity contribution in [2.45, 2.75) is 13.0 Å². The van der Waals surface area contributed by atoms with E-state index in [2.05, 4.69) is 5.32 Å². The van der Waals surface area contributed by atoms with E-state index in [0.717, 1.165) is 5.56 Å². The smallest absolute Gasteiger partial charge is 0.255 e. The van der Waals surface area contributed by atoms with E-state index in [4.69, 9.17) is 10.5 Å². The van der Waals surface area contributed by atoms with Crippen LogP contribution in [0.25, 0.3) is 0 Å². The van der Waals surface area contributed by atoms with Gasteiger partial charge < -0.3 is 15.8 Å². The molecule has 2 aromatic rings. The number of methoxy groups -OCH3 is 1. The third-order valence-electron chi connectivity index (χ3n) is 3.08. The molecule has 21 heavy (non-hydrogen) atoms. The Bertz CT molecular complexity index is 656. The number of anilines is 1. The molecule has 110 valence electrons. The highest BCUT2D eigenvalue weighted by Gasteiger charge is 2.11. The second-order valence-electron chi connectivity index (χ2n) is 4.72. The van der Waals surface area contributed by atoms with Crippen molar-refractivity contribution in [2.75, 3.05) is 12.4 Å². The van der Waals surface area contributed by atoms with E-state index in [1.807, 2.05) is 25.1 Å². The van der Waals surface area contributed by atoms with E-state index < -0.39 is 5.82 Å². The van der Waals surface area contributed by atoms with E-state index >= 15 is 0 Å². The van der Waals surface area contributed by atoms with Gasteiger partial charge in [-0.25, -0.2) is 4.39 Å². The highest BCUT2D eigenvalue weighted by Crippen LogP contribution is 2.20. The third-order valence-corrected chi connectivity index (χ3v) is 3.08. The fourth-order valence-electron chi connectivity index (χ4n) is 1.90. The zero-order chi connectivity index (χ0) is 15.4. The molecular formula is C16H17FN2O2. The van der Waals surface area contributed by atoms with Gasteiger partial charge in [-0.05, 0) is 42.8 Å². The largest absolute Gasteiger partial charge is 0.494 e. The molecule has 0 aliphatic carbocycles. The second kappa shape index (κ2) is 6.37. The maximum Gasteiger partial charge on any atom is 0.255 e. The summed E-state index contributed by atoms with van der Waals surface area (Å²) in [5.41, 5.74) is 7.69. The summed E-state index contributed by atoms with van der Waals surface area (Å²) in [6.45, 7) is 1.87. The number of amides is 1. The van der Waals surface area contributed by atoms with Crippen molar-refractivity contribution in [3.8, 4) is 5.75 Å². The van der Waals surface area contributed by atoms with Crippen LogP contribution in [0.3, 0.4) is 0 Å². The summed E-state index contributed by atoms with van der Waals surface area (Å²) in [6.07, 6.45) is 0. The number of carbonyl (C=O) groups excluding carboxylic acids is 1. The van der Waals surface area contributed by atoms with Gasteiger partial charge in [-0.15, -0.1) is 0 Å². The summed E-state index contributed by atoms with van der Waals surface area (Å²) in [7, 11) is 1.35. The molecule has 0 fully saturated rings. The molecule has 2 aromatic carbocycles. The van der Waals surface area contributed by atoms with Crippen LogP contribution in [-0.4, -0.2) is 13.0 Å². The molecule has 0 aromatic heterocycles. The standard InChI is InChI=1S/C16H17FN2O2/c1-10(18)11-4-3-5-13(8-11)19-16(20)12-6-7-14(17)15(9-12)21-2/h3-10H,18H2,1-2H3,(H,19,20). The van der Waals surface area contributed by atoms with Gasteiger partial charge in [0.25, 0.3) is 5.91 Å². The van der Waals surface area contributed by atoms with Gasteiger partial charge in [0.05, 0.1) is 7.11 Å². The Morgan fingerprint density at radius 3 is 2.71 bits per heavy atom.